The zero-order chi connectivity index (χ0) is 14.8. The lowest BCUT2D eigenvalue weighted by atomic mass is 9.99. The average molecular weight is 284 g/mol. The molecule has 2 N–H and O–H groups in total. The summed E-state index contributed by atoms with van der Waals surface area (Å²) in [5, 5.41) is 0. The second-order valence-corrected chi connectivity index (χ2v) is 5.61. The highest BCUT2D eigenvalue weighted by Gasteiger charge is 2.22. The van der Waals surface area contributed by atoms with Gasteiger partial charge < -0.3 is 15.1 Å². The summed E-state index contributed by atoms with van der Waals surface area (Å²) in [7, 11) is 0. The third-order valence-electron chi connectivity index (χ3n) is 4.18. The van der Waals surface area contributed by atoms with E-state index in [-0.39, 0.29) is 0 Å². The average Bonchev–Trinajstić information content (AvgIpc) is 3.01. The minimum atomic E-state index is -0.416. The van der Waals surface area contributed by atoms with Crippen LogP contribution in [0.3, 0.4) is 0 Å². The van der Waals surface area contributed by atoms with Crippen molar-refractivity contribution in [2.75, 3.05) is 11.4 Å². The summed E-state index contributed by atoms with van der Waals surface area (Å²) in [5.74, 6) is 0.354. The van der Waals surface area contributed by atoms with E-state index in [0.717, 1.165) is 23.6 Å². The first-order chi connectivity index (χ1) is 10.2. The molecule has 21 heavy (non-hydrogen) atoms. The fraction of sp³-hybridized carbons (Fsp3) is 0.353. The Balaban J connectivity index is 2.08. The van der Waals surface area contributed by atoms with Crippen molar-refractivity contribution in [2.45, 2.75) is 32.2 Å². The molecule has 0 aliphatic carbocycles. The van der Waals surface area contributed by atoms with Crippen molar-refractivity contribution in [3.8, 4) is 11.3 Å². The lowest BCUT2D eigenvalue weighted by Crippen LogP contribution is -2.37. The fourth-order valence-corrected chi connectivity index (χ4v) is 3.02. The van der Waals surface area contributed by atoms with E-state index in [2.05, 4.69) is 11.8 Å². The predicted molar refractivity (Wildman–Crippen MR) is 83.3 cm³/mol. The molecule has 4 nitrogen and oxygen atoms in total. The summed E-state index contributed by atoms with van der Waals surface area (Å²) in [5.41, 5.74) is 7.97. The number of primary amides is 1. The van der Waals surface area contributed by atoms with Gasteiger partial charge in [-0.15, -0.1) is 0 Å². The number of carbonyl (C=O) groups is 1. The summed E-state index contributed by atoms with van der Waals surface area (Å²) in [6, 6.07) is 9.88. The molecule has 1 amide bonds. The maximum absolute atomic E-state index is 11.5. The van der Waals surface area contributed by atoms with Crippen LogP contribution in [0.15, 0.2) is 41.0 Å². The van der Waals surface area contributed by atoms with Gasteiger partial charge in [0.15, 0.2) is 0 Å². The molecule has 0 saturated carbocycles. The van der Waals surface area contributed by atoms with Crippen LogP contribution in [0.2, 0.25) is 0 Å². The molecule has 2 aromatic rings. The van der Waals surface area contributed by atoms with Gasteiger partial charge in [-0.1, -0.05) is 0 Å². The number of hydrogen-bond acceptors (Lipinski definition) is 3. The van der Waals surface area contributed by atoms with E-state index in [1.165, 1.54) is 19.3 Å². The number of anilines is 1. The third kappa shape index (κ3) is 2.66. The largest absolute Gasteiger partial charge is 0.464 e. The van der Waals surface area contributed by atoms with Crippen LogP contribution in [-0.2, 0) is 0 Å². The van der Waals surface area contributed by atoms with Crippen LogP contribution in [0.4, 0.5) is 5.69 Å². The van der Waals surface area contributed by atoms with Gasteiger partial charge >= 0.3 is 0 Å². The second-order valence-electron chi connectivity index (χ2n) is 5.61. The minimum absolute atomic E-state index is 0.416. The highest BCUT2D eigenvalue weighted by molar-refractivity contribution is 5.95. The Bertz CT molecular complexity index is 634. The van der Waals surface area contributed by atoms with Gasteiger partial charge in [0.25, 0.3) is 0 Å². The van der Waals surface area contributed by atoms with Gasteiger partial charge in [-0.2, -0.15) is 0 Å². The Morgan fingerprint density at radius 2 is 2.19 bits per heavy atom. The van der Waals surface area contributed by atoms with Crippen LogP contribution < -0.4 is 10.6 Å². The maximum atomic E-state index is 11.5. The van der Waals surface area contributed by atoms with Gasteiger partial charge in [-0.3, -0.25) is 4.79 Å². The quantitative estimate of drug-likeness (QED) is 0.939. The van der Waals surface area contributed by atoms with Gasteiger partial charge in [-0.05, 0) is 56.5 Å². The van der Waals surface area contributed by atoms with Gasteiger partial charge in [0.2, 0.25) is 5.91 Å². The second kappa shape index (κ2) is 5.64. The predicted octanol–water partition coefficient (Wildman–Crippen LogP) is 3.42. The van der Waals surface area contributed by atoms with Crippen LogP contribution in [0.5, 0.6) is 0 Å². The Hall–Kier alpha value is -2.23. The zero-order valence-corrected chi connectivity index (χ0v) is 12.2. The molecule has 4 heteroatoms. The Morgan fingerprint density at radius 3 is 2.86 bits per heavy atom. The van der Waals surface area contributed by atoms with Crippen molar-refractivity contribution in [1.29, 1.82) is 0 Å². The standard InChI is InChI=1S/C17H20N2O2/c1-12-5-2-3-9-19(12)15-8-7-13(17(18)20)11-14(15)16-6-4-10-21-16/h4,6-8,10-12H,2-3,5,9H2,1H3,(H2,18,20). The smallest absolute Gasteiger partial charge is 0.248 e. The Morgan fingerprint density at radius 1 is 1.33 bits per heavy atom. The molecule has 2 heterocycles. The Labute approximate surface area is 124 Å². The van der Waals surface area contributed by atoms with E-state index in [9.17, 15) is 4.79 Å². The van der Waals surface area contributed by atoms with Crippen molar-refractivity contribution in [1.82, 2.24) is 0 Å². The summed E-state index contributed by atoms with van der Waals surface area (Å²) >= 11 is 0. The molecule has 1 aliphatic rings. The van der Waals surface area contributed by atoms with Gasteiger partial charge in [-0.25, -0.2) is 0 Å². The van der Waals surface area contributed by atoms with E-state index in [1.54, 1.807) is 12.3 Å². The number of benzene rings is 1. The highest BCUT2D eigenvalue weighted by atomic mass is 16.3. The number of piperidine rings is 1. The van der Waals surface area contributed by atoms with Crippen molar-refractivity contribution < 1.29 is 9.21 Å². The van der Waals surface area contributed by atoms with Crippen molar-refractivity contribution in [3.05, 3.63) is 42.2 Å². The molecule has 1 unspecified atom stereocenters. The summed E-state index contributed by atoms with van der Waals surface area (Å²) in [6.07, 6.45) is 5.30. The van der Waals surface area contributed by atoms with Gasteiger partial charge in [0, 0.05) is 29.4 Å². The van der Waals surface area contributed by atoms with E-state index in [0.29, 0.717) is 11.6 Å². The zero-order valence-electron chi connectivity index (χ0n) is 12.2. The van der Waals surface area contributed by atoms with Crippen molar-refractivity contribution >= 4 is 11.6 Å². The molecule has 1 aromatic carbocycles. The molecule has 0 radical (unpaired) electrons. The summed E-state index contributed by atoms with van der Waals surface area (Å²) < 4.78 is 5.54. The number of nitrogens with two attached hydrogens (primary N) is 1. The fourth-order valence-electron chi connectivity index (χ4n) is 3.02. The summed E-state index contributed by atoms with van der Waals surface area (Å²) in [4.78, 5) is 13.8. The molecule has 1 aliphatic heterocycles. The Kier molecular flexibility index (Phi) is 3.69. The number of amides is 1. The lowest BCUT2D eigenvalue weighted by Gasteiger charge is -2.36. The maximum Gasteiger partial charge on any atom is 0.248 e. The van der Waals surface area contributed by atoms with Crippen LogP contribution in [0, 0.1) is 0 Å². The summed E-state index contributed by atoms with van der Waals surface area (Å²) in [6.45, 7) is 3.28. The topological polar surface area (TPSA) is 59.5 Å². The van der Waals surface area contributed by atoms with Crippen LogP contribution in [0.25, 0.3) is 11.3 Å². The van der Waals surface area contributed by atoms with Gasteiger partial charge in [0.1, 0.15) is 5.76 Å². The first-order valence-corrected chi connectivity index (χ1v) is 7.41. The van der Waals surface area contributed by atoms with Gasteiger partial charge in [0.05, 0.1) is 6.26 Å². The van der Waals surface area contributed by atoms with E-state index < -0.39 is 5.91 Å². The number of hydrogen-bond donors (Lipinski definition) is 1. The number of carbonyl (C=O) groups excluding carboxylic acids is 1. The molecule has 0 bridgehead atoms. The monoisotopic (exact) mass is 284 g/mol. The normalized spacial score (nSPS) is 18.7. The first-order valence-electron chi connectivity index (χ1n) is 7.41. The molecule has 1 fully saturated rings. The van der Waals surface area contributed by atoms with Crippen LogP contribution >= 0.6 is 0 Å². The van der Waals surface area contributed by atoms with Crippen LogP contribution in [0.1, 0.15) is 36.5 Å². The molecular weight excluding hydrogens is 264 g/mol. The highest BCUT2D eigenvalue weighted by Crippen LogP contribution is 2.35. The SMILES string of the molecule is CC1CCCCN1c1ccc(C(N)=O)cc1-c1ccco1. The van der Waals surface area contributed by atoms with Crippen molar-refractivity contribution in [2.24, 2.45) is 5.73 Å². The lowest BCUT2D eigenvalue weighted by molar-refractivity contribution is 0.100. The molecule has 110 valence electrons. The number of nitrogens with zero attached hydrogens (tertiary/aromatic N) is 1. The number of rotatable bonds is 3. The van der Waals surface area contributed by atoms with E-state index >= 15 is 0 Å². The number of furan rings is 1. The first kappa shape index (κ1) is 13.7. The minimum Gasteiger partial charge on any atom is -0.464 e. The molecule has 1 atom stereocenters. The molecular formula is C17H20N2O2. The third-order valence-corrected chi connectivity index (χ3v) is 4.18. The van der Waals surface area contributed by atoms with Crippen molar-refractivity contribution in [3.63, 3.8) is 0 Å². The van der Waals surface area contributed by atoms with E-state index in [4.69, 9.17) is 10.2 Å². The molecule has 1 saturated heterocycles. The van der Waals surface area contributed by atoms with E-state index in [1.807, 2.05) is 24.3 Å². The van der Waals surface area contributed by atoms with Crippen LogP contribution in [-0.4, -0.2) is 18.5 Å². The molecule has 3 rings (SSSR count). The molecule has 0 spiro atoms. The molecule has 1 aromatic heterocycles.